The highest BCUT2D eigenvalue weighted by atomic mass is 16.6. The number of nitrogens with zero attached hydrogens (tertiary/aromatic N) is 2. The summed E-state index contributed by atoms with van der Waals surface area (Å²) in [7, 11) is 0. The first-order valence-corrected chi connectivity index (χ1v) is 7.75. The second kappa shape index (κ2) is 6.85. The van der Waals surface area contributed by atoms with Crippen molar-refractivity contribution < 1.29 is 14.3 Å². The molecule has 2 amide bonds. The lowest BCUT2D eigenvalue weighted by Gasteiger charge is -2.33. The Balaban J connectivity index is 1.93. The molecule has 23 heavy (non-hydrogen) atoms. The third-order valence-corrected chi connectivity index (χ3v) is 3.50. The van der Waals surface area contributed by atoms with Gasteiger partial charge in [0.25, 0.3) is 0 Å². The summed E-state index contributed by atoms with van der Waals surface area (Å²) in [6.07, 6.45) is 2.66. The zero-order chi connectivity index (χ0) is 17.0. The highest BCUT2D eigenvalue weighted by molar-refractivity contribution is 5.93. The van der Waals surface area contributed by atoms with Crippen molar-refractivity contribution >= 4 is 23.5 Å². The van der Waals surface area contributed by atoms with Crippen molar-refractivity contribution in [2.45, 2.75) is 39.2 Å². The normalized spacial score (nSPS) is 18.4. The van der Waals surface area contributed by atoms with Crippen LogP contribution in [0, 0.1) is 5.92 Å². The van der Waals surface area contributed by atoms with E-state index in [4.69, 9.17) is 10.5 Å². The Kier molecular flexibility index (Phi) is 5.08. The molecule has 1 aromatic rings. The molecule has 2 heterocycles. The Bertz CT molecular complexity index is 566. The number of aromatic nitrogens is 1. The summed E-state index contributed by atoms with van der Waals surface area (Å²) in [6.45, 7) is 6.46. The number of pyridine rings is 1. The molecular weight excluding hydrogens is 296 g/mol. The fourth-order valence-corrected chi connectivity index (χ4v) is 2.41. The average molecular weight is 320 g/mol. The van der Waals surface area contributed by atoms with Gasteiger partial charge in [0.1, 0.15) is 11.4 Å². The standard InChI is InChI=1S/C16H24N4O3/c1-16(2,3)23-15(22)20-8-4-5-11(10-20)14(21)19-12-6-7-13(17)18-9-12/h6-7,9,11H,4-5,8,10H2,1-3H3,(H2,17,18)(H,19,21). The number of hydrogen-bond acceptors (Lipinski definition) is 5. The molecule has 1 atom stereocenters. The predicted octanol–water partition coefficient (Wildman–Crippen LogP) is 2.25. The summed E-state index contributed by atoms with van der Waals surface area (Å²) in [5.41, 5.74) is 5.58. The number of amides is 2. The average Bonchev–Trinajstić information content (AvgIpc) is 2.48. The van der Waals surface area contributed by atoms with Gasteiger partial charge in [-0.1, -0.05) is 0 Å². The van der Waals surface area contributed by atoms with E-state index in [1.807, 2.05) is 20.8 Å². The maximum atomic E-state index is 12.4. The molecule has 1 unspecified atom stereocenters. The monoisotopic (exact) mass is 320 g/mol. The summed E-state index contributed by atoms with van der Waals surface area (Å²) in [6, 6.07) is 3.33. The van der Waals surface area contributed by atoms with Gasteiger partial charge < -0.3 is 20.7 Å². The highest BCUT2D eigenvalue weighted by Crippen LogP contribution is 2.21. The van der Waals surface area contributed by atoms with E-state index in [9.17, 15) is 9.59 Å². The highest BCUT2D eigenvalue weighted by Gasteiger charge is 2.31. The quantitative estimate of drug-likeness (QED) is 0.871. The van der Waals surface area contributed by atoms with Crippen LogP contribution in [0.5, 0.6) is 0 Å². The van der Waals surface area contributed by atoms with Gasteiger partial charge in [-0.25, -0.2) is 9.78 Å². The van der Waals surface area contributed by atoms with Gasteiger partial charge in [0.15, 0.2) is 0 Å². The second-order valence-electron chi connectivity index (χ2n) is 6.73. The molecule has 126 valence electrons. The van der Waals surface area contributed by atoms with Gasteiger partial charge in [-0.15, -0.1) is 0 Å². The molecule has 0 aromatic carbocycles. The number of hydrogen-bond donors (Lipinski definition) is 2. The first-order chi connectivity index (χ1) is 10.7. The summed E-state index contributed by atoms with van der Waals surface area (Å²) in [4.78, 5) is 30.0. The Hall–Kier alpha value is -2.31. The van der Waals surface area contributed by atoms with E-state index < -0.39 is 5.60 Å². The van der Waals surface area contributed by atoms with Crippen molar-refractivity contribution in [1.82, 2.24) is 9.88 Å². The Morgan fingerprint density at radius 3 is 2.74 bits per heavy atom. The van der Waals surface area contributed by atoms with E-state index in [2.05, 4.69) is 10.3 Å². The van der Waals surface area contributed by atoms with Gasteiger partial charge >= 0.3 is 6.09 Å². The van der Waals surface area contributed by atoms with Crippen LogP contribution in [0.2, 0.25) is 0 Å². The fourth-order valence-electron chi connectivity index (χ4n) is 2.41. The minimum atomic E-state index is -0.540. The van der Waals surface area contributed by atoms with E-state index >= 15 is 0 Å². The molecule has 1 aliphatic heterocycles. The molecule has 0 spiro atoms. The van der Waals surface area contributed by atoms with Gasteiger partial charge in [-0.2, -0.15) is 0 Å². The van der Waals surface area contributed by atoms with Crippen LogP contribution >= 0.6 is 0 Å². The number of carbonyl (C=O) groups is 2. The third kappa shape index (κ3) is 5.12. The lowest BCUT2D eigenvalue weighted by atomic mass is 9.97. The topological polar surface area (TPSA) is 97.5 Å². The molecule has 7 nitrogen and oxygen atoms in total. The zero-order valence-electron chi connectivity index (χ0n) is 13.8. The number of nitrogen functional groups attached to an aromatic ring is 1. The molecule has 7 heteroatoms. The minimum absolute atomic E-state index is 0.121. The van der Waals surface area contributed by atoms with E-state index in [0.29, 0.717) is 24.6 Å². The van der Waals surface area contributed by atoms with Gasteiger partial charge in [0.05, 0.1) is 17.8 Å². The van der Waals surface area contributed by atoms with Crippen LogP contribution in [0.15, 0.2) is 18.3 Å². The largest absolute Gasteiger partial charge is 0.444 e. The number of ether oxygens (including phenoxy) is 1. The number of carbonyl (C=O) groups excluding carboxylic acids is 2. The van der Waals surface area contributed by atoms with Crippen molar-refractivity contribution in [2.75, 3.05) is 24.1 Å². The lowest BCUT2D eigenvalue weighted by molar-refractivity contribution is -0.121. The van der Waals surface area contributed by atoms with E-state index in [1.54, 1.807) is 17.0 Å². The molecule has 0 radical (unpaired) electrons. The summed E-state index contributed by atoms with van der Waals surface area (Å²) < 4.78 is 5.37. The SMILES string of the molecule is CC(C)(C)OC(=O)N1CCCC(C(=O)Nc2ccc(N)nc2)C1. The first-order valence-electron chi connectivity index (χ1n) is 7.75. The van der Waals surface area contributed by atoms with Crippen LogP contribution in [0.4, 0.5) is 16.3 Å². The van der Waals surface area contributed by atoms with Crippen molar-refractivity contribution in [3.8, 4) is 0 Å². The number of nitrogens with two attached hydrogens (primary N) is 1. The van der Waals surface area contributed by atoms with Gasteiger partial charge in [0, 0.05) is 13.1 Å². The molecular formula is C16H24N4O3. The summed E-state index contributed by atoms with van der Waals surface area (Å²) in [5, 5.41) is 2.81. The van der Waals surface area contributed by atoms with Crippen LogP contribution in [0.3, 0.4) is 0 Å². The Morgan fingerprint density at radius 2 is 2.13 bits per heavy atom. The lowest BCUT2D eigenvalue weighted by Crippen LogP contribution is -2.45. The van der Waals surface area contributed by atoms with Gasteiger partial charge in [-0.3, -0.25) is 4.79 Å². The van der Waals surface area contributed by atoms with Gasteiger partial charge in [0.2, 0.25) is 5.91 Å². The van der Waals surface area contributed by atoms with Crippen LogP contribution in [-0.4, -0.2) is 40.6 Å². The second-order valence-corrected chi connectivity index (χ2v) is 6.73. The number of piperidine rings is 1. The number of rotatable bonds is 2. The Labute approximate surface area is 136 Å². The van der Waals surface area contributed by atoms with Crippen LogP contribution in [-0.2, 0) is 9.53 Å². The Morgan fingerprint density at radius 1 is 1.39 bits per heavy atom. The molecule has 1 aliphatic rings. The molecule has 0 saturated carbocycles. The maximum Gasteiger partial charge on any atom is 0.410 e. The molecule has 1 saturated heterocycles. The number of anilines is 2. The molecule has 3 N–H and O–H groups in total. The zero-order valence-corrected chi connectivity index (χ0v) is 13.8. The molecule has 1 aromatic heterocycles. The van der Waals surface area contributed by atoms with Gasteiger partial charge in [-0.05, 0) is 45.7 Å². The summed E-state index contributed by atoms with van der Waals surface area (Å²) in [5.74, 6) is 0.0235. The fraction of sp³-hybridized carbons (Fsp3) is 0.562. The smallest absolute Gasteiger partial charge is 0.410 e. The van der Waals surface area contributed by atoms with Crippen molar-refractivity contribution in [3.05, 3.63) is 18.3 Å². The van der Waals surface area contributed by atoms with Crippen LogP contribution < -0.4 is 11.1 Å². The molecule has 1 fully saturated rings. The van der Waals surface area contributed by atoms with Crippen LogP contribution in [0.1, 0.15) is 33.6 Å². The van der Waals surface area contributed by atoms with E-state index in [-0.39, 0.29) is 17.9 Å². The van der Waals surface area contributed by atoms with Crippen LogP contribution in [0.25, 0.3) is 0 Å². The maximum absolute atomic E-state index is 12.4. The molecule has 2 rings (SSSR count). The number of likely N-dealkylation sites (tertiary alicyclic amines) is 1. The van der Waals surface area contributed by atoms with Crippen molar-refractivity contribution in [3.63, 3.8) is 0 Å². The van der Waals surface area contributed by atoms with Crippen molar-refractivity contribution in [2.24, 2.45) is 5.92 Å². The first kappa shape index (κ1) is 17.1. The third-order valence-electron chi connectivity index (χ3n) is 3.50. The molecule has 0 bridgehead atoms. The molecule has 0 aliphatic carbocycles. The van der Waals surface area contributed by atoms with E-state index in [0.717, 1.165) is 12.8 Å². The van der Waals surface area contributed by atoms with E-state index in [1.165, 1.54) is 6.20 Å². The summed E-state index contributed by atoms with van der Waals surface area (Å²) >= 11 is 0. The van der Waals surface area contributed by atoms with Crippen molar-refractivity contribution in [1.29, 1.82) is 0 Å². The predicted molar refractivity (Wildman–Crippen MR) is 87.8 cm³/mol. The minimum Gasteiger partial charge on any atom is -0.444 e. The number of nitrogens with one attached hydrogen (secondary N) is 1.